The molecular weight excluding hydrogens is 366 g/mol. The molecule has 3 aromatic carbocycles. The number of nitrogens with one attached hydrogen (secondary N) is 1. The molecule has 5 nitrogen and oxygen atoms in total. The number of fused-ring (bicyclic) bond motifs is 1. The predicted octanol–water partition coefficient (Wildman–Crippen LogP) is 3.93. The molecule has 0 atom stereocenters. The van der Waals surface area contributed by atoms with E-state index in [1.54, 1.807) is 24.3 Å². The quantitative estimate of drug-likeness (QED) is 0.629. The van der Waals surface area contributed by atoms with Crippen molar-refractivity contribution < 1.29 is 19.4 Å². The average molecular weight is 387 g/mol. The summed E-state index contributed by atoms with van der Waals surface area (Å²) in [4.78, 5) is 24.0. The molecule has 0 saturated carbocycles. The van der Waals surface area contributed by atoms with E-state index in [0.29, 0.717) is 22.6 Å². The van der Waals surface area contributed by atoms with Crippen LogP contribution in [-0.2, 0) is 24.1 Å². The number of carbonyl (C=O) groups excluding carboxylic acids is 2. The van der Waals surface area contributed by atoms with Crippen molar-refractivity contribution >= 4 is 17.4 Å². The summed E-state index contributed by atoms with van der Waals surface area (Å²) in [7, 11) is 0. The lowest BCUT2D eigenvalue weighted by Crippen LogP contribution is -2.25. The molecule has 0 aromatic heterocycles. The Hall–Kier alpha value is -3.60. The third kappa shape index (κ3) is 4.46. The molecular formula is C24H21NO4. The Morgan fingerprint density at radius 1 is 0.966 bits per heavy atom. The first-order chi connectivity index (χ1) is 14.1. The molecule has 1 aliphatic heterocycles. The lowest BCUT2D eigenvalue weighted by molar-refractivity contribution is -0.118. The van der Waals surface area contributed by atoms with Gasteiger partial charge in [0.05, 0.1) is 5.69 Å². The fourth-order valence-electron chi connectivity index (χ4n) is 3.40. The molecule has 1 amide bonds. The average Bonchev–Trinajstić information content (AvgIpc) is 2.74. The van der Waals surface area contributed by atoms with Gasteiger partial charge in [-0.1, -0.05) is 42.5 Å². The fourth-order valence-corrected chi connectivity index (χ4v) is 3.40. The molecule has 0 bridgehead atoms. The molecule has 1 heterocycles. The van der Waals surface area contributed by atoms with E-state index in [1.807, 2.05) is 42.5 Å². The van der Waals surface area contributed by atoms with Gasteiger partial charge in [-0.3, -0.25) is 9.59 Å². The third-order valence-electron chi connectivity index (χ3n) is 4.97. The zero-order valence-corrected chi connectivity index (χ0v) is 15.9. The molecule has 0 spiro atoms. The van der Waals surface area contributed by atoms with Gasteiger partial charge < -0.3 is 15.2 Å². The predicted molar refractivity (Wildman–Crippen MR) is 111 cm³/mol. The number of hydrogen-bond donors (Lipinski definition) is 2. The van der Waals surface area contributed by atoms with Crippen LogP contribution in [0.3, 0.4) is 0 Å². The normalized spacial score (nSPS) is 12.6. The number of phenolic OH excluding ortho intramolecular Hbond substituents is 1. The van der Waals surface area contributed by atoms with Crippen molar-refractivity contribution in [2.75, 3.05) is 11.9 Å². The summed E-state index contributed by atoms with van der Waals surface area (Å²) in [6, 6.07) is 20.3. The van der Waals surface area contributed by atoms with Crippen LogP contribution in [0.5, 0.6) is 11.5 Å². The Labute approximate surface area is 169 Å². The van der Waals surface area contributed by atoms with Gasteiger partial charge in [0.2, 0.25) is 0 Å². The van der Waals surface area contributed by atoms with Gasteiger partial charge in [-0.05, 0) is 48.2 Å². The van der Waals surface area contributed by atoms with Gasteiger partial charge in [0.25, 0.3) is 5.91 Å². The van der Waals surface area contributed by atoms with Crippen LogP contribution in [0.25, 0.3) is 0 Å². The Kier molecular flexibility index (Phi) is 5.29. The number of benzene rings is 3. The van der Waals surface area contributed by atoms with Gasteiger partial charge in [-0.15, -0.1) is 0 Å². The molecule has 0 radical (unpaired) electrons. The molecule has 4 rings (SSSR count). The van der Waals surface area contributed by atoms with E-state index in [9.17, 15) is 14.7 Å². The number of carbonyl (C=O) groups is 2. The second-order valence-electron chi connectivity index (χ2n) is 7.10. The lowest BCUT2D eigenvalue weighted by atomic mass is 9.98. The van der Waals surface area contributed by atoms with Crippen molar-refractivity contribution in [1.82, 2.24) is 0 Å². The third-order valence-corrected chi connectivity index (χ3v) is 4.97. The summed E-state index contributed by atoms with van der Waals surface area (Å²) in [5, 5.41) is 12.7. The van der Waals surface area contributed by atoms with Gasteiger partial charge in [0.1, 0.15) is 11.5 Å². The number of hydrogen-bond acceptors (Lipinski definition) is 4. The highest BCUT2D eigenvalue weighted by Gasteiger charge is 2.16. The number of para-hydroxylation sites is 1. The van der Waals surface area contributed by atoms with Crippen molar-refractivity contribution in [2.45, 2.75) is 19.3 Å². The largest absolute Gasteiger partial charge is 0.508 e. The van der Waals surface area contributed by atoms with Crippen molar-refractivity contribution in [3.05, 3.63) is 89.0 Å². The highest BCUT2D eigenvalue weighted by Crippen LogP contribution is 2.29. The molecule has 2 N–H and O–H groups in total. The Balaban J connectivity index is 1.42. The number of aryl methyl sites for hydroxylation is 2. The summed E-state index contributed by atoms with van der Waals surface area (Å²) < 4.78 is 5.47. The van der Waals surface area contributed by atoms with E-state index >= 15 is 0 Å². The van der Waals surface area contributed by atoms with Crippen LogP contribution < -0.4 is 10.1 Å². The Bertz CT molecular complexity index is 1070. The standard InChI is InChI=1S/C24H21NO4/c26-21-7-2-1-5-19(21)14-22(27)18-6-3-4-16(12-18)8-9-17-10-11-20-23(13-17)29-15-24(28)25-20/h1-7,10-13,26H,8-9,14-15H2,(H,25,28). The minimum Gasteiger partial charge on any atom is -0.508 e. The molecule has 0 unspecified atom stereocenters. The Morgan fingerprint density at radius 3 is 2.59 bits per heavy atom. The number of ether oxygens (including phenoxy) is 1. The number of phenols is 1. The van der Waals surface area contributed by atoms with Gasteiger partial charge in [0.15, 0.2) is 12.4 Å². The number of aromatic hydroxyl groups is 1. The first kappa shape index (κ1) is 18.7. The van der Waals surface area contributed by atoms with Crippen LogP contribution in [0, 0.1) is 0 Å². The van der Waals surface area contributed by atoms with Crippen LogP contribution in [0.15, 0.2) is 66.7 Å². The lowest BCUT2D eigenvalue weighted by Gasteiger charge is -2.18. The van der Waals surface area contributed by atoms with Gasteiger partial charge >= 0.3 is 0 Å². The molecule has 0 saturated heterocycles. The second kappa shape index (κ2) is 8.19. The zero-order chi connectivity index (χ0) is 20.2. The molecule has 0 aliphatic carbocycles. The van der Waals surface area contributed by atoms with Gasteiger partial charge in [-0.25, -0.2) is 0 Å². The van der Waals surface area contributed by atoms with E-state index in [1.165, 1.54) is 0 Å². The number of amides is 1. The summed E-state index contributed by atoms with van der Waals surface area (Å²) in [6.45, 7) is 0.0393. The topological polar surface area (TPSA) is 75.6 Å². The number of Topliss-reactive ketones (excluding diaryl/α,β-unsaturated/α-hetero) is 1. The summed E-state index contributed by atoms with van der Waals surface area (Å²) in [5.41, 5.74) is 4.14. The molecule has 3 aromatic rings. The van der Waals surface area contributed by atoms with Crippen molar-refractivity contribution in [2.24, 2.45) is 0 Å². The van der Waals surface area contributed by atoms with Crippen LogP contribution >= 0.6 is 0 Å². The number of ketones is 1. The van der Waals surface area contributed by atoms with Gasteiger partial charge in [0, 0.05) is 17.5 Å². The first-order valence-electron chi connectivity index (χ1n) is 9.53. The van der Waals surface area contributed by atoms with Crippen LogP contribution in [0.1, 0.15) is 27.0 Å². The molecule has 5 heteroatoms. The molecule has 0 fully saturated rings. The first-order valence-corrected chi connectivity index (χ1v) is 9.53. The maximum atomic E-state index is 12.6. The van der Waals surface area contributed by atoms with Crippen molar-refractivity contribution in [1.29, 1.82) is 0 Å². The van der Waals surface area contributed by atoms with Crippen molar-refractivity contribution in [3.8, 4) is 11.5 Å². The summed E-state index contributed by atoms with van der Waals surface area (Å²) in [6.07, 6.45) is 1.74. The minimum absolute atomic E-state index is 0.0220. The molecule has 1 aliphatic rings. The van der Waals surface area contributed by atoms with Gasteiger partial charge in [-0.2, -0.15) is 0 Å². The highest BCUT2D eigenvalue weighted by atomic mass is 16.5. The summed E-state index contributed by atoms with van der Waals surface area (Å²) >= 11 is 0. The van der Waals surface area contributed by atoms with Crippen LogP contribution in [-0.4, -0.2) is 23.4 Å². The minimum atomic E-state index is -0.143. The number of anilines is 1. The Morgan fingerprint density at radius 2 is 1.76 bits per heavy atom. The van der Waals surface area contributed by atoms with Crippen LogP contribution in [0.2, 0.25) is 0 Å². The summed E-state index contributed by atoms with van der Waals surface area (Å²) in [5.74, 6) is 0.665. The second-order valence-corrected chi connectivity index (χ2v) is 7.10. The fraction of sp³-hybridized carbons (Fsp3) is 0.167. The monoisotopic (exact) mass is 387 g/mol. The maximum absolute atomic E-state index is 12.6. The van der Waals surface area contributed by atoms with E-state index in [-0.39, 0.29) is 30.5 Å². The maximum Gasteiger partial charge on any atom is 0.262 e. The molecule has 29 heavy (non-hydrogen) atoms. The van der Waals surface area contributed by atoms with E-state index < -0.39 is 0 Å². The van der Waals surface area contributed by atoms with Crippen LogP contribution in [0.4, 0.5) is 5.69 Å². The number of rotatable bonds is 6. The van der Waals surface area contributed by atoms with E-state index in [4.69, 9.17) is 4.74 Å². The highest BCUT2D eigenvalue weighted by molar-refractivity contribution is 5.98. The zero-order valence-electron chi connectivity index (χ0n) is 15.9. The molecule has 146 valence electrons. The van der Waals surface area contributed by atoms with Crippen molar-refractivity contribution in [3.63, 3.8) is 0 Å². The SMILES string of the molecule is O=C1COc2cc(CCc3cccc(C(=O)Cc4ccccc4O)c3)ccc2N1. The van der Waals surface area contributed by atoms with E-state index in [0.717, 1.165) is 24.0 Å². The smallest absolute Gasteiger partial charge is 0.262 e. The van der Waals surface area contributed by atoms with E-state index in [2.05, 4.69) is 5.32 Å².